The summed E-state index contributed by atoms with van der Waals surface area (Å²) in [5.74, 6) is -0.142. The van der Waals surface area contributed by atoms with Crippen molar-refractivity contribution < 1.29 is 17.9 Å². The zero-order valence-electron chi connectivity index (χ0n) is 9.82. The van der Waals surface area contributed by atoms with E-state index in [1.54, 1.807) is 0 Å². The van der Waals surface area contributed by atoms with Crippen LogP contribution in [0.15, 0.2) is 0 Å². The molecule has 5 heteroatoms. The van der Waals surface area contributed by atoms with Crippen molar-refractivity contribution in [2.24, 2.45) is 5.92 Å². The van der Waals surface area contributed by atoms with Gasteiger partial charge in [-0.3, -0.25) is 4.79 Å². The van der Waals surface area contributed by atoms with Gasteiger partial charge in [0.25, 0.3) is 0 Å². The topological polar surface area (TPSA) is 60.4 Å². The van der Waals surface area contributed by atoms with Crippen molar-refractivity contribution in [3.05, 3.63) is 0 Å². The molecule has 0 saturated heterocycles. The van der Waals surface area contributed by atoms with Gasteiger partial charge in [-0.15, -0.1) is 0 Å². The molecule has 15 heavy (non-hydrogen) atoms. The Kier molecular flexibility index (Phi) is 6.05. The number of sulfone groups is 1. The summed E-state index contributed by atoms with van der Waals surface area (Å²) in [6.45, 7) is 6.06. The number of carbonyl (C=O) groups is 1. The van der Waals surface area contributed by atoms with Crippen LogP contribution in [0.3, 0.4) is 0 Å². The largest absolute Gasteiger partial charge is 0.370 e. The third-order valence-corrected chi connectivity index (χ3v) is 2.93. The first-order valence-electron chi connectivity index (χ1n) is 5.10. The van der Waals surface area contributed by atoms with Crippen molar-refractivity contribution in [3.8, 4) is 0 Å². The summed E-state index contributed by atoms with van der Waals surface area (Å²) in [6.07, 6.45) is 0.698. The van der Waals surface area contributed by atoms with Crippen LogP contribution >= 0.6 is 0 Å². The Labute approximate surface area is 91.9 Å². The first kappa shape index (κ1) is 14.6. The van der Waals surface area contributed by atoms with Gasteiger partial charge in [0.15, 0.2) is 5.78 Å². The van der Waals surface area contributed by atoms with E-state index in [0.29, 0.717) is 6.61 Å². The molecule has 0 amide bonds. The minimum Gasteiger partial charge on any atom is -0.370 e. The Balaban J connectivity index is 4.27. The second-order valence-electron chi connectivity index (χ2n) is 3.97. The Morgan fingerprint density at radius 2 is 1.87 bits per heavy atom. The minimum atomic E-state index is -3.07. The van der Waals surface area contributed by atoms with E-state index in [1.165, 1.54) is 0 Å². The van der Waals surface area contributed by atoms with Gasteiger partial charge in [0.2, 0.25) is 0 Å². The van der Waals surface area contributed by atoms with Gasteiger partial charge in [-0.2, -0.15) is 0 Å². The Morgan fingerprint density at radius 1 is 1.33 bits per heavy atom. The molecule has 4 nitrogen and oxygen atoms in total. The lowest BCUT2D eigenvalue weighted by molar-refractivity contribution is -0.132. The third kappa shape index (κ3) is 6.62. The van der Waals surface area contributed by atoms with Crippen LogP contribution in [-0.2, 0) is 19.4 Å². The fourth-order valence-corrected chi connectivity index (χ4v) is 1.84. The van der Waals surface area contributed by atoms with Crippen molar-refractivity contribution in [3.63, 3.8) is 0 Å². The van der Waals surface area contributed by atoms with Crippen LogP contribution in [0.4, 0.5) is 0 Å². The van der Waals surface area contributed by atoms with E-state index in [4.69, 9.17) is 4.74 Å². The van der Waals surface area contributed by atoms with E-state index in [-0.39, 0.29) is 23.9 Å². The fourth-order valence-electron chi connectivity index (χ4n) is 1.26. The molecule has 0 aromatic rings. The van der Waals surface area contributed by atoms with Crippen molar-refractivity contribution in [1.82, 2.24) is 0 Å². The normalized spacial score (nSPS) is 14.2. The molecule has 0 fully saturated rings. The SMILES string of the molecule is CCOC(C(=O)CCS(C)(=O)=O)C(C)C. The molecular formula is C10H20O4S. The van der Waals surface area contributed by atoms with Gasteiger partial charge >= 0.3 is 0 Å². The van der Waals surface area contributed by atoms with E-state index < -0.39 is 15.9 Å². The summed E-state index contributed by atoms with van der Waals surface area (Å²) in [4.78, 5) is 11.6. The molecule has 1 atom stereocenters. The monoisotopic (exact) mass is 236 g/mol. The second kappa shape index (κ2) is 6.23. The van der Waals surface area contributed by atoms with Gasteiger partial charge in [-0.25, -0.2) is 8.42 Å². The van der Waals surface area contributed by atoms with E-state index in [2.05, 4.69) is 0 Å². The molecule has 0 spiro atoms. The van der Waals surface area contributed by atoms with E-state index in [9.17, 15) is 13.2 Å². The number of ether oxygens (including phenoxy) is 1. The molecular weight excluding hydrogens is 216 g/mol. The number of Topliss-reactive ketones (excluding diaryl/α,β-unsaturated/α-hetero) is 1. The summed E-state index contributed by atoms with van der Waals surface area (Å²) in [6, 6.07) is 0. The van der Waals surface area contributed by atoms with Gasteiger partial charge < -0.3 is 4.74 Å². The summed E-state index contributed by atoms with van der Waals surface area (Å²) >= 11 is 0. The highest BCUT2D eigenvalue weighted by molar-refractivity contribution is 7.90. The Bertz CT molecular complexity index is 293. The first-order chi connectivity index (χ1) is 6.78. The number of hydrogen-bond acceptors (Lipinski definition) is 4. The van der Waals surface area contributed by atoms with Gasteiger partial charge in [0.1, 0.15) is 15.9 Å². The zero-order chi connectivity index (χ0) is 12.1. The molecule has 90 valence electrons. The average Bonchev–Trinajstić information content (AvgIpc) is 2.08. The van der Waals surface area contributed by atoms with Crippen LogP contribution in [0.1, 0.15) is 27.2 Å². The smallest absolute Gasteiger partial charge is 0.162 e. The van der Waals surface area contributed by atoms with Gasteiger partial charge in [-0.1, -0.05) is 13.8 Å². The predicted molar refractivity (Wildman–Crippen MR) is 59.6 cm³/mol. The van der Waals surface area contributed by atoms with Crippen LogP contribution in [0.25, 0.3) is 0 Å². The van der Waals surface area contributed by atoms with Crippen molar-refractivity contribution in [2.45, 2.75) is 33.3 Å². The summed E-state index contributed by atoms with van der Waals surface area (Å²) in [5, 5.41) is 0. The average molecular weight is 236 g/mol. The molecule has 0 rings (SSSR count). The van der Waals surface area contributed by atoms with Gasteiger partial charge in [-0.05, 0) is 12.8 Å². The molecule has 0 aromatic heterocycles. The van der Waals surface area contributed by atoms with Crippen molar-refractivity contribution >= 4 is 15.6 Å². The lowest BCUT2D eigenvalue weighted by Crippen LogP contribution is -2.31. The number of ketones is 1. The maximum atomic E-state index is 11.6. The maximum Gasteiger partial charge on any atom is 0.162 e. The molecule has 0 bridgehead atoms. The second-order valence-corrected chi connectivity index (χ2v) is 6.23. The van der Waals surface area contributed by atoms with Gasteiger partial charge in [0, 0.05) is 19.3 Å². The number of rotatable bonds is 7. The van der Waals surface area contributed by atoms with Gasteiger partial charge in [0.05, 0.1) is 5.75 Å². The summed E-state index contributed by atoms with van der Waals surface area (Å²) in [7, 11) is -3.07. The zero-order valence-corrected chi connectivity index (χ0v) is 10.6. The van der Waals surface area contributed by atoms with Crippen molar-refractivity contribution in [2.75, 3.05) is 18.6 Å². The highest BCUT2D eigenvalue weighted by Gasteiger charge is 2.22. The Hall–Kier alpha value is -0.420. The van der Waals surface area contributed by atoms with E-state index >= 15 is 0 Å². The van der Waals surface area contributed by atoms with Crippen LogP contribution in [0, 0.1) is 5.92 Å². The molecule has 0 saturated carbocycles. The minimum absolute atomic E-state index is 0.0433. The molecule has 0 aliphatic carbocycles. The standard InChI is InChI=1S/C10H20O4S/c1-5-14-10(8(2)3)9(11)6-7-15(4,12)13/h8,10H,5-7H2,1-4H3. The van der Waals surface area contributed by atoms with Crippen molar-refractivity contribution in [1.29, 1.82) is 0 Å². The van der Waals surface area contributed by atoms with Crippen LogP contribution < -0.4 is 0 Å². The molecule has 0 radical (unpaired) electrons. The summed E-state index contributed by atoms with van der Waals surface area (Å²) < 4.78 is 27.1. The van der Waals surface area contributed by atoms with Crippen LogP contribution in [0.2, 0.25) is 0 Å². The van der Waals surface area contributed by atoms with E-state index in [1.807, 2.05) is 20.8 Å². The maximum absolute atomic E-state index is 11.6. The highest BCUT2D eigenvalue weighted by Crippen LogP contribution is 2.10. The molecule has 0 aliphatic rings. The highest BCUT2D eigenvalue weighted by atomic mass is 32.2. The number of hydrogen-bond donors (Lipinski definition) is 0. The molecule has 1 unspecified atom stereocenters. The van der Waals surface area contributed by atoms with E-state index in [0.717, 1.165) is 6.26 Å². The van der Waals surface area contributed by atoms with Crippen LogP contribution in [0.5, 0.6) is 0 Å². The fraction of sp³-hybridized carbons (Fsp3) is 0.900. The Morgan fingerprint density at radius 3 is 2.20 bits per heavy atom. The molecule has 0 heterocycles. The number of carbonyl (C=O) groups excluding carboxylic acids is 1. The first-order valence-corrected chi connectivity index (χ1v) is 7.16. The predicted octanol–water partition coefficient (Wildman–Crippen LogP) is 1.05. The third-order valence-electron chi connectivity index (χ3n) is 1.99. The quantitative estimate of drug-likeness (QED) is 0.663. The molecule has 0 aromatic carbocycles. The lowest BCUT2D eigenvalue weighted by Gasteiger charge is -2.19. The lowest BCUT2D eigenvalue weighted by atomic mass is 10.0. The van der Waals surface area contributed by atoms with Crippen LogP contribution in [-0.4, -0.2) is 38.9 Å². The molecule has 0 aliphatic heterocycles. The summed E-state index contributed by atoms with van der Waals surface area (Å²) in [5.41, 5.74) is 0. The molecule has 0 N–H and O–H groups in total.